The van der Waals surface area contributed by atoms with Crippen molar-refractivity contribution in [2.45, 2.75) is 111 Å². The minimum atomic E-state index is -0.168. The lowest BCUT2D eigenvalue weighted by Crippen LogP contribution is -2.66. The molecule has 0 spiro atoms. The summed E-state index contributed by atoms with van der Waals surface area (Å²) < 4.78 is 2.30. The Morgan fingerprint density at radius 2 is 1.59 bits per heavy atom. The SMILES string of the molecule is C=C(C[n+]1ccc(N(C)C)cc1)[C@@H]1CC[C@]2(CO)CC[C@]3(C)C(CCC4[C@@]5(C)CC[C@H](O)C(C)(C)C5CC[C@]43C)C12. The van der Waals surface area contributed by atoms with Gasteiger partial charge in [0, 0.05) is 38.5 Å². The molecule has 5 saturated carbocycles. The molecule has 5 aliphatic rings. The van der Waals surface area contributed by atoms with Gasteiger partial charge < -0.3 is 15.1 Å². The predicted molar refractivity (Wildman–Crippen MR) is 167 cm³/mol. The average molecular weight is 564 g/mol. The number of aliphatic hydroxyl groups excluding tert-OH is 2. The quantitative estimate of drug-likeness (QED) is 0.299. The van der Waals surface area contributed by atoms with E-state index in [1.807, 2.05) is 0 Å². The number of fused-ring (bicyclic) bond motifs is 7. The normalized spacial score (nSPS) is 46.6. The summed E-state index contributed by atoms with van der Waals surface area (Å²) in [7, 11) is 4.18. The van der Waals surface area contributed by atoms with Crippen LogP contribution in [-0.2, 0) is 6.54 Å². The summed E-state index contributed by atoms with van der Waals surface area (Å²) in [5, 5.41) is 22.0. The van der Waals surface area contributed by atoms with Crippen molar-refractivity contribution in [3.63, 3.8) is 0 Å². The Balaban J connectivity index is 1.31. The van der Waals surface area contributed by atoms with Crippen molar-refractivity contribution in [1.29, 1.82) is 0 Å². The topological polar surface area (TPSA) is 47.6 Å². The molecule has 4 heteroatoms. The van der Waals surface area contributed by atoms with Crippen LogP contribution in [0.2, 0.25) is 0 Å². The second-order valence-electron chi connectivity index (χ2n) is 17.0. The van der Waals surface area contributed by atoms with E-state index in [-0.39, 0.29) is 22.3 Å². The number of rotatable bonds is 5. The Morgan fingerprint density at radius 3 is 2.24 bits per heavy atom. The number of nitrogens with zero attached hydrogens (tertiary/aromatic N) is 2. The average Bonchev–Trinajstić information content (AvgIpc) is 3.32. The monoisotopic (exact) mass is 563 g/mol. The van der Waals surface area contributed by atoms with Gasteiger partial charge in [-0.15, -0.1) is 0 Å². The van der Waals surface area contributed by atoms with Gasteiger partial charge in [0.2, 0.25) is 0 Å². The first kappa shape index (κ1) is 29.7. The predicted octanol–water partition coefficient (Wildman–Crippen LogP) is 7.03. The van der Waals surface area contributed by atoms with Gasteiger partial charge in [0.1, 0.15) is 0 Å². The molecular weight excluding hydrogens is 504 g/mol. The highest BCUT2D eigenvalue weighted by Gasteiger charge is 2.70. The van der Waals surface area contributed by atoms with Crippen molar-refractivity contribution < 1.29 is 14.8 Å². The van der Waals surface area contributed by atoms with Crippen LogP contribution in [0.5, 0.6) is 0 Å². The zero-order valence-electron chi connectivity index (χ0n) is 27.3. The first-order valence-electron chi connectivity index (χ1n) is 16.9. The lowest BCUT2D eigenvalue weighted by Gasteiger charge is -2.73. The van der Waals surface area contributed by atoms with Gasteiger partial charge in [-0.3, -0.25) is 0 Å². The summed E-state index contributed by atoms with van der Waals surface area (Å²) in [5.41, 5.74) is 3.56. The molecule has 4 nitrogen and oxygen atoms in total. The third kappa shape index (κ3) is 4.08. The Labute approximate surface area is 250 Å². The first-order chi connectivity index (χ1) is 19.2. The molecule has 0 aliphatic heterocycles. The fourth-order valence-corrected chi connectivity index (χ4v) is 12.7. The first-order valence-corrected chi connectivity index (χ1v) is 16.9. The van der Waals surface area contributed by atoms with E-state index in [2.05, 4.69) is 82.7 Å². The fourth-order valence-electron chi connectivity index (χ4n) is 12.7. The summed E-state index contributed by atoms with van der Waals surface area (Å²) in [6.07, 6.45) is 16.3. The lowest BCUT2D eigenvalue weighted by atomic mass is 9.32. The number of aliphatic hydroxyl groups is 2. The molecule has 5 aliphatic carbocycles. The van der Waals surface area contributed by atoms with Gasteiger partial charge in [-0.2, -0.15) is 0 Å². The van der Waals surface area contributed by atoms with Gasteiger partial charge in [0.25, 0.3) is 0 Å². The molecule has 2 N–H and O–H groups in total. The van der Waals surface area contributed by atoms with Crippen molar-refractivity contribution in [3.8, 4) is 0 Å². The summed E-state index contributed by atoms with van der Waals surface area (Å²) in [6.45, 7) is 18.7. The minimum Gasteiger partial charge on any atom is -0.396 e. The molecule has 5 fully saturated rings. The molecule has 10 atom stereocenters. The fraction of sp³-hybridized carbons (Fsp3) is 0.811. The van der Waals surface area contributed by atoms with E-state index < -0.39 is 0 Å². The standard InChI is InChI=1S/C37H59N2O2/c1-25(23-39-21-14-26(15-22-39)38(7)8)27-11-18-37(24-40)20-19-35(5)28(32(27)37)9-10-30-34(4)16-13-31(41)33(2,3)29(34)12-17-36(30,35)6/h14-15,21-22,27-32,40-41H,1,9-13,16-20,23-24H2,2-8H3/q+1/t27-,28?,29?,30?,31-,32?,34-,35+,36+,37+/m0/s1. The smallest absolute Gasteiger partial charge is 0.171 e. The van der Waals surface area contributed by atoms with Crippen LogP contribution in [-0.4, -0.2) is 37.0 Å². The highest BCUT2D eigenvalue weighted by atomic mass is 16.3. The number of pyridine rings is 1. The Hall–Kier alpha value is -1.39. The number of anilines is 1. The van der Waals surface area contributed by atoms with Gasteiger partial charge >= 0.3 is 0 Å². The molecule has 0 bridgehead atoms. The van der Waals surface area contributed by atoms with Crippen LogP contribution in [0.25, 0.3) is 0 Å². The van der Waals surface area contributed by atoms with Crippen molar-refractivity contribution >= 4 is 5.69 Å². The van der Waals surface area contributed by atoms with Gasteiger partial charge in [-0.25, -0.2) is 4.57 Å². The molecule has 0 saturated heterocycles. The maximum atomic E-state index is 11.0. The maximum absolute atomic E-state index is 11.0. The molecule has 0 amide bonds. The largest absolute Gasteiger partial charge is 0.396 e. The Kier molecular flexibility index (Phi) is 7.10. The highest BCUT2D eigenvalue weighted by molar-refractivity contribution is 5.41. The van der Waals surface area contributed by atoms with Crippen LogP contribution in [0.15, 0.2) is 36.7 Å². The van der Waals surface area contributed by atoms with E-state index in [0.29, 0.717) is 41.1 Å². The third-order valence-corrected chi connectivity index (χ3v) is 15.2. The van der Waals surface area contributed by atoms with E-state index >= 15 is 0 Å². The second kappa shape index (κ2) is 9.81. The third-order valence-electron chi connectivity index (χ3n) is 15.2. The molecule has 6 rings (SSSR count). The molecular formula is C37H59N2O2+. The van der Waals surface area contributed by atoms with Crippen molar-refractivity contribution in [1.82, 2.24) is 0 Å². The van der Waals surface area contributed by atoms with Crippen LogP contribution in [0, 0.1) is 56.7 Å². The van der Waals surface area contributed by atoms with Crippen LogP contribution >= 0.6 is 0 Å². The summed E-state index contributed by atoms with van der Waals surface area (Å²) in [4.78, 5) is 2.15. The zero-order valence-corrected chi connectivity index (χ0v) is 27.3. The molecule has 0 aromatic carbocycles. The van der Waals surface area contributed by atoms with E-state index in [1.54, 1.807) is 0 Å². The Morgan fingerprint density at radius 1 is 0.878 bits per heavy atom. The van der Waals surface area contributed by atoms with Crippen molar-refractivity contribution in [2.24, 2.45) is 56.7 Å². The summed E-state index contributed by atoms with van der Waals surface area (Å²) in [6, 6.07) is 4.39. The number of aromatic nitrogens is 1. The van der Waals surface area contributed by atoms with Crippen molar-refractivity contribution in [2.75, 3.05) is 25.6 Å². The number of hydrogen-bond donors (Lipinski definition) is 2. The van der Waals surface area contributed by atoms with E-state index in [9.17, 15) is 10.2 Å². The second-order valence-corrected chi connectivity index (χ2v) is 17.0. The van der Waals surface area contributed by atoms with Crippen LogP contribution in [0.3, 0.4) is 0 Å². The van der Waals surface area contributed by atoms with Gasteiger partial charge in [0.15, 0.2) is 18.9 Å². The van der Waals surface area contributed by atoms with Crippen LogP contribution < -0.4 is 9.47 Å². The molecule has 41 heavy (non-hydrogen) atoms. The van der Waals surface area contributed by atoms with E-state index in [1.165, 1.54) is 62.6 Å². The van der Waals surface area contributed by atoms with Crippen LogP contribution in [0.4, 0.5) is 5.69 Å². The molecule has 0 radical (unpaired) electrons. The van der Waals surface area contributed by atoms with Gasteiger partial charge in [-0.05, 0) is 126 Å². The highest BCUT2D eigenvalue weighted by Crippen LogP contribution is 2.77. The van der Waals surface area contributed by atoms with Gasteiger partial charge in [-0.1, -0.05) is 41.2 Å². The summed E-state index contributed by atoms with van der Waals surface area (Å²) in [5.74, 6) is 3.00. The molecule has 4 unspecified atom stereocenters. The number of hydrogen-bond acceptors (Lipinski definition) is 3. The van der Waals surface area contributed by atoms with Crippen LogP contribution in [0.1, 0.15) is 98.8 Å². The maximum Gasteiger partial charge on any atom is 0.171 e. The van der Waals surface area contributed by atoms with Gasteiger partial charge in [0.05, 0.1) is 6.10 Å². The molecule has 1 aromatic rings. The van der Waals surface area contributed by atoms with E-state index in [0.717, 1.165) is 25.3 Å². The van der Waals surface area contributed by atoms with Crippen molar-refractivity contribution in [3.05, 3.63) is 36.7 Å². The Bertz CT molecular complexity index is 1160. The van der Waals surface area contributed by atoms with E-state index in [4.69, 9.17) is 6.58 Å². The molecule has 1 heterocycles. The number of allylic oxidation sites excluding steroid dienone is 1. The zero-order chi connectivity index (χ0) is 29.6. The molecule has 228 valence electrons. The summed E-state index contributed by atoms with van der Waals surface area (Å²) >= 11 is 0. The minimum absolute atomic E-state index is 0.00138. The molecule has 1 aromatic heterocycles. The lowest BCUT2D eigenvalue weighted by molar-refractivity contribution is -0.689.